The highest BCUT2D eigenvalue weighted by Gasteiger charge is 2.27. The molecular weight excluding hydrogens is 452 g/mol. The van der Waals surface area contributed by atoms with Gasteiger partial charge in [-0.1, -0.05) is 34.1 Å². The van der Waals surface area contributed by atoms with E-state index in [0.717, 1.165) is 4.47 Å². The molecule has 2 aromatic carbocycles. The lowest BCUT2D eigenvalue weighted by Gasteiger charge is -2.03. The molecule has 0 saturated carbocycles. The third-order valence-corrected chi connectivity index (χ3v) is 4.88. The van der Waals surface area contributed by atoms with E-state index < -0.39 is 17.4 Å². The molecule has 0 saturated heterocycles. The van der Waals surface area contributed by atoms with Crippen molar-refractivity contribution in [2.45, 2.75) is 6.92 Å². The van der Waals surface area contributed by atoms with Crippen LogP contribution in [0.25, 0.3) is 16.7 Å². The normalized spacial score (nSPS) is 10.9. The lowest BCUT2D eigenvalue weighted by molar-refractivity contribution is 0.0516. The second kappa shape index (κ2) is 8.08. The molecule has 150 valence electrons. The molecule has 7 nitrogen and oxygen atoms in total. The molecule has 0 radical (unpaired) electrons. The van der Waals surface area contributed by atoms with Crippen LogP contribution in [0.15, 0.2) is 74.5 Å². The topological polar surface area (TPSA) is 91.4 Å². The summed E-state index contributed by atoms with van der Waals surface area (Å²) in [5, 5.41) is 4.80. The molecule has 0 fully saturated rings. The maximum atomic E-state index is 13.2. The van der Waals surface area contributed by atoms with Crippen LogP contribution in [0.3, 0.4) is 0 Å². The van der Waals surface area contributed by atoms with E-state index in [4.69, 9.17) is 9.15 Å². The zero-order valence-corrected chi connectivity index (χ0v) is 17.4. The van der Waals surface area contributed by atoms with Gasteiger partial charge in [0.15, 0.2) is 5.69 Å². The highest BCUT2D eigenvalue weighted by Crippen LogP contribution is 2.22. The number of carbonyl (C=O) groups is 2. The number of ketones is 1. The smallest absolute Gasteiger partial charge is 0.359 e. The van der Waals surface area contributed by atoms with E-state index >= 15 is 0 Å². The number of hydrogen-bond acceptors (Lipinski definition) is 6. The maximum Gasteiger partial charge on any atom is 0.359 e. The summed E-state index contributed by atoms with van der Waals surface area (Å²) in [6.07, 6.45) is 1.41. The van der Waals surface area contributed by atoms with E-state index in [1.165, 1.54) is 16.9 Å². The van der Waals surface area contributed by atoms with Crippen LogP contribution in [0.2, 0.25) is 0 Å². The van der Waals surface area contributed by atoms with Crippen LogP contribution in [-0.2, 0) is 4.74 Å². The van der Waals surface area contributed by atoms with Crippen molar-refractivity contribution >= 4 is 38.7 Å². The Kier molecular flexibility index (Phi) is 5.33. The zero-order valence-electron chi connectivity index (χ0n) is 15.8. The van der Waals surface area contributed by atoms with Gasteiger partial charge >= 0.3 is 11.6 Å². The second-order valence-corrected chi connectivity index (χ2v) is 7.27. The number of rotatable bonds is 5. The van der Waals surface area contributed by atoms with Crippen LogP contribution in [-0.4, -0.2) is 28.1 Å². The zero-order chi connectivity index (χ0) is 21.3. The van der Waals surface area contributed by atoms with Crippen LogP contribution < -0.4 is 5.63 Å². The van der Waals surface area contributed by atoms with Crippen molar-refractivity contribution < 1.29 is 18.7 Å². The summed E-state index contributed by atoms with van der Waals surface area (Å²) < 4.78 is 12.5. The second-order valence-electron chi connectivity index (χ2n) is 6.35. The molecule has 2 aromatic heterocycles. The summed E-state index contributed by atoms with van der Waals surface area (Å²) in [5.74, 6) is -1.42. The quantitative estimate of drug-likeness (QED) is 0.249. The van der Waals surface area contributed by atoms with Gasteiger partial charge in [0, 0.05) is 16.1 Å². The van der Waals surface area contributed by atoms with E-state index in [-0.39, 0.29) is 23.4 Å². The van der Waals surface area contributed by atoms with Gasteiger partial charge in [0.05, 0.1) is 17.9 Å². The number of aromatic nitrogens is 2. The Morgan fingerprint density at radius 3 is 2.60 bits per heavy atom. The van der Waals surface area contributed by atoms with E-state index in [1.54, 1.807) is 49.4 Å². The van der Waals surface area contributed by atoms with Crippen LogP contribution in [0.1, 0.15) is 33.3 Å². The molecule has 0 unspecified atom stereocenters. The Hall–Kier alpha value is -3.52. The van der Waals surface area contributed by atoms with Crippen molar-refractivity contribution in [1.29, 1.82) is 0 Å². The van der Waals surface area contributed by atoms with Gasteiger partial charge in [-0.2, -0.15) is 5.10 Å². The lowest BCUT2D eigenvalue weighted by Crippen LogP contribution is -2.17. The molecule has 4 aromatic rings. The van der Waals surface area contributed by atoms with E-state index in [2.05, 4.69) is 21.0 Å². The summed E-state index contributed by atoms with van der Waals surface area (Å²) in [7, 11) is 0. The van der Waals surface area contributed by atoms with Crippen molar-refractivity contribution in [3.05, 3.63) is 92.5 Å². The standard InChI is InChI=1S/C22H15BrN2O5/c1-2-29-22(28)19-17(12-25(24-19)15-6-4-3-5-7-15)20(26)16-11-13-10-14(23)8-9-18(13)30-21(16)27/h3-12H,2H2,1H3. The molecule has 0 N–H and O–H groups in total. The van der Waals surface area contributed by atoms with Crippen LogP contribution >= 0.6 is 15.9 Å². The first-order valence-corrected chi connectivity index (χ1v) is 9.87. The monoisotopic (exact) mass is 466 g/mol. The van der Waals surface area contributed by atoms with Crippen molar-refractivity contribution in [3.8, 4) is 5.69 Å². The minimum absolute atomic E-state index is 0.0426. The van der Waals surface area contributed by atoms with Crippen molar-refractivity contribution in [1.82, 2.24) is 9.78 Å². The SMILES string of the molecule is CCOC(=O)c1nn(-c2ccccc2)cc1C(=O)c1cc2cc(Br)ccc2oc1=O. The fourth-order valence-electron chi connectivity index (χ4n) is 3.00. The number of para-hydroxylation sites is 1. The third-order valence-electron chi connectivity index (χ3n) is 4.39. The summed E-state index contributed by atoms with van der Waals surface area (Å²) in [4.78, 5) is 38.1. The summed E-state index contributed by atoms with van der Waals surface area (Å²) in [5.41, 5.74) is -0.198. The van der Waals surface area contributed by atoms with Crippen molar-refractivity contribution in [3.63, 3.8) is 0 Å². The number of fused-ring (bicyclic) bond motifs is 1. The van der Waals surface area contributed by atoms with E-state index in [9.17, 15) is 14.4 Å². The number of benzene rings is 2. The van der Waals surface area contributed by atoms with Crippen LogP contribution in [0.5, 0.6) is 0 Å². The molecule has 0 amide bonds. The number of ether oxygens (including phenoxy) is 1. The average molecular weight is 467 g/mol. The van der Waals surface area contributed by atoms with Gasteiger partial charge < -0.3 is 9.15 Å². The van der Waals surface area contributed by atoms with Crippen molar-refractivity contribution in [2.24, 2.45) is 0 Å². The Morgan fingerprint density at radius 2 is 1.87 bits per heavy atom. The number of halogens is 1. The minimum atomic E-state index is -0.794. The Balaban J connectivity index is 1.86. The largest absolute Gasteiger partial charge is 0.461 e. The molecule has 8 heteroatoms. The number of nitrogens with zero attached hydrogens (tertiary/aromatic N) is 2. The van der Waals surface area contributed by atoms with Gasteiger partial charge in [0.1, 0.15) is 11.1 Å². The number of carbonyl (C=O) groups excluding carboxylic acids is 2. The Labute approximate surface area is 179 Å². The predicted octanol–water partition coefficient (Wildman–Crippen LogP) is 4.15. The molecular formula is C22H15BrN2O5. The Bertz CT molecular complexity index is 1320. The molecule has 2 heterocycles. The molecule has 0 aliphatic carbocycles. The minimum Gasteiger partial charge on any atom is -0.461 e. The molecule has 0 aliphatic rings. The fraction of sp³-hybridized carbons (Fsp3) is 0.0909. The third kappa shape index (κ3) is 3.69. The number of esters is 1. The number of hydrogen-bond donors (Lipinski definition) is 0. The Morgan fingerprint density at radius 1 is 1.10 bits per heavy atom. The molecule has 0 aliphatic heterocycles. The van der Waals surface area contributed by atoms with E-state index in [1.807, 2.05) is 6.07 Å². The molecule has 4 rings (SSSR count). The van der Waals surface area contributed by atoms with Gasteiger partial charge in [-0.05, 0) is 43.3 Å². The summed E-state index contributed by atoms with van der Waals surface area (Å²) in [6, 6.07) is 15.5. The maximum absolute atomic E-state index is 13.2. The van der Waals surface area contributed by atoms with Gasteiger partial charge in [0.2, 0.25) is 5.78 Å². The molecule has 30 heavy (non-hydrogen) atoms. The first-order chi connectivity index (χ1) is 14.5. The van der Waals surface area contributed by atoms with E-state index in [0.29, 0.717) is 16.7 Å². The van der Waals surface area contributed by atoms with Crippen LogP contribution in [0, 0.1) is 0 Å². The highest BCUT2D eigenvalue weighted by molar-refractivity contribution is 9.10. The van der Waals surface area contributed by atoms with Gasteiger partial charge in [-0.3, -0.25) is 4.79 Å². The molecule has 0 atom stereocenters. The molecule has 0 spiro atoms. The first-order valence-electron chi connectivity index (χ1n) is 9.08. The highest BCUT2D eigenvalue weighted by atomic mass is 79.9. The van der Waals surface area contributed by atoms with Crippen molar-refractivity contribution in [2.75, 3.05) is 6.61 Å². The summed E-state index contributed by atoms with van der Waals surface area (Å²) in [6.45, 7) is 1.78. The molecule has 0 bridgehead atoms. The fourth-order valence-corrected chi connectivity index (χ4v) is 3.38. The predicted molar refractivity (Wildman–Crippen MR) is 113 cm³/mol. The van der Waals surface area contributed by atoms with Gasteiger partial charge in [0.25, 0.3) is 0 Å². The lowest BCUT2D eigenvalue weighted by atomic mass is 10.0. The first kappa shape index (κ1) is 19.8. The average Bonchev–Trinajstić information content (AvgIpc) is 3.19. The van der Waals surface area contributed by atoms with Crippen LogP contribution in [0.4, 0.5) is 0 Å². The van der Waals surface area contributed by atoms with Gasteiger partial charge in [-0.15, -0.1) is 0 Å². The van der Waals surface area contributed by atoms with Gasteiger partial charge in [-0.25, -0.2) is 14.3 Å². The summed E-state index contributed by atoms with van der Waals surface area (Å²) >= 11 is 3.36.